The van der Waals surface area contributed by atoms with Crippen LogP contribution in [0.3, 0.4) is 0 Å². The summed E-state index contributed by atoms with van der Waals surface area (Å²) in [4.78, 5) is 26.5. The summed E-state index contributed by atoms with van der Waals surface area (Å²) >= 11 is 0. The number of aromatic nitrogens is 2. The van der Waals surface area contributed by atoms with Crippen molar-refractivity contribution >= 4 is 55.3 Å². The first-order chi connectivity index (χ1) is 17.4. The minimum Gasteiger partial charge on any atom is -0.550 e. The first-order valence-electron chi connectivity index (χ1n) is 11.0. The van der Waals surface area contributed by atoms with Crippen LogP contribution >= 0.6 is 0 Å². The molecular weight excluding hydrogens is 665 g/mol. The van der Waals surface area contributed by atoms with Gasteiger partial charge in [-0.25, -0.2) is 0 Å². The maximum absolute atomic E-state index is 8.89. The fourth-order valence-corrected chi connectivity index (χ4v) is 3.47. The Morgan fingerprint density at radius 2 is 0.895 bits per heavy atom. The van der Waals surface area contributed by atoms with Gasteiger partial charge >= 0.3 is 40.8 Å². The van der Waals surface area contributed by atoms with E-state index < -0.39 is 11.9 Å². The van der Waals surface area contributed by atoms with E-state index in [9.17, 15) is 0 Å². The molecule has 0 aliphatic carbocycles. The standard InChI is InChI=1S/2C13H8N.2C2H4O2.2Pd/c2*1-2-6-12-10(4-1)7-8-11-5-3-9-14-13(11)12;2*1-2(3)4;;/h2*1-5,7-9H;2*1H3,(H,3,4);;/q2*-1;;;2*+2/p-2. The molecule has 0 amide bonds. The number of carboxylic acid groups (broad SMARTS) is 2. The number of carbonyl (C=O) groups excluding carboxylic acids is 2. The number of rotatable bonds is 0. The fraction of sp³-hybridized carbons (Fsp3) is 0.0667. The van der Waals surface area contributed by atoms with Crippen molar-refractivity contribution in [2.45, 2.75) is 13.8 Å². The molecule has 6 nitrogen and oxygen atoms in total. The fourth-order valence-electron chi connectivity index (χ4n) is 3.47. The van der Waals surface area contributed by atoms with Crippen molar-refractivity contribution in [1.82, 2.24) is 9.97 Å². The van der Waals surface area contributed by atoms with Crippen LogP contribution in [0, 0.1) is 12.1 Å². The van der Waals surface area contributed by atoms with E-state index in [1.165, 1.54) is 21.5 Å². The van der Waals surface area contributed by atoms with Crippen molar-refractivity contribution in [3.8, 4) is 0 Å². The molecule has 4 aromatic carbocycles. The molecule has 0 aliphatic heterocycles. The maximum atomic E-state index is 8.89. The first-order valence-corrected chi connectivity index (χ1v) is 11.0. The third-order valence-electron chi connectivity index (χ3n) is 4.81. The van der Waals surface area contributed by atoms with E-state index in [1.54, 1.807) is 0 Å². The Bertz CT molecular complexity index is 1400. The van der Waals surface area contributed by atoms with Crippen LogP contribution in [0.25, 0.3) is 43.4 Å². The second kappa shape index (κ2) is 16.4. The Morgan fingerprint density at radius 1 is 0.579 bits per heavy atom. The number of benzene rings is 4. The van der Waals surface area contributed by atoms with Crippen molar-refractivity contribution in [3.63, 3.8) is 0 Å². The third-order valence-corrected chi connectivity index (χ3v) is 4.81. The van der Waals surface area contributed by atoms with Gasteiger partial charge in [0.1, 0.15) is 0 Å². The molecule has 196 valence electrons. The number of fused-ring (bicyclic) bond motifs is 6. The topological polar surface area (TPSA) is 106 Å². The first kappa shape index (κ1) is 32.5. The Morgan fingerprint density at radius 3 is 1.26 bits per heavy atom. The summed E-state index contributed by atoms with van der Waals surface area (Å²) < 4.78 is 0. The predicted octanol–water partition coefficient (Wildman–Crippen LogP) is 3.88. The molecule has 8 heteroatoms. The molecule has 0 saturated heterocycles. The summed E-state index contributed by atoms with van der Waals surface area (Å²) in [7, 11) is 0. The van der Waals surface area contributed by atoms with Crippen molar-refractivity contribution < 1.29 is 60.6 Å². The second-order valence-electron chi connectivity index (χ2n) is 7.53. The molecule has 0 unspecified atom stereocenters. The zero-order chi connectivity index (χ0) is 25.9. The minimum atomic E-state index is -1.08. The largest absolute Gasteiger partial charge is 2.00 e. The number of carboxylic acids is 2. The molecule has 38 heavy (non-hydrogen) atoms. The Hall–Kier alpha value is -3.52. The van der Waals surface area contributed by atoms with Gasteiger partial charge in [0, 0.05) is 24.3 Å². The van der Waals surface area contributed by atoms with E-state index in [-0.39, 0.29) is 40.8 Å². The zero-order valence-corrected chi connectivity index (χ0v) is 23.5. The molecule has 0 saturated carbocycles. The Kier molecular flexibility index (Phi) is 14.0. The molecule has 6 aromatic rings. The monoisotopic (exact) mass is 686 g/mol. The molecule has 6 rings (SSSR count). The van der Waals surface area contributed by atoms with Gasteiger partial charge in [-0.05, 0) is 47.8 Å². The summed E-state index contributed by atoms with van der Waals surface area (Å²) in [6.45, 7) is 1.94. The van der Waals surface area contributed by atoms with Crippen molar-refractivity contribution in [1.29, 1.82) is 0 Å². The number of hydrogen-bond acceptors (Lipinski definition) is 6. The van der Waals surface area contributed by atoms with Gasteiger partial charge in [-0.15, -0.1) is 70.1 Å². The van der Waals surface area contributed by atoms with Crippen LogP contribution < -0.4 is 10.2 Å². The molecule has 2 aromatic heterocycles. The van der Waals surface area contributed by atoms with Crippen LogP contribution in [-0.2, 0) is 50.4 Å². The van der Waals surface area contributed by atoms with Gasteiger partial charge in [-0.1, -0.05) is 36.4 Å². The van der Waals surface area contributed by atoms with E-state index in [2.05, 4.69) is 70.6 Å². The molecule has 0 N–H and O–H groups in total. The van der Waals surface area contributed by atoms with Gasteiger partial charge < -0.3 is 29.8 Å². The van der Waals surface area contributed by atoms with E-state index in [0.717, 1.165) is 35.7 Å². The summed E-state index contributed by atoms with van der Waals surface area (Å²) in [5, 5.41) is 24.7. The van der Waals surface area contributed by atoms with Crippen LogP contribution in [0.4, 0.5) is 0 Å². The van der Waals surface area contributed by atoms with E-state index >= 15 is 0 Å². The predicted molar refractivity (Wildman–Crippen MR) is 138 cm³/mol. The molecular formula is C30H22N2O4Pd2. The van der Waals surface area contributed by atoms with Crippen LogP contribution in [-0.4, -0.2) is 21.9 Å². The molecule has 0 aliphatic rings. The van der Waals surface area contributed by atoms with Gasteiger partial charge in [0.05, 0.1) is 0 Å². The van der Waals surface area contributed by atoms with E-state index in [0.29, 0.717) is 0 Å². The smallest absolute Gasteiger partial charge is 0.550 e. The van der Waals surface area contributed by atoms with E-state index in [1.807, 2.05) is 48.8 Å². The summed E-state index contributed by atoms with van der Waals surface area (Å²) in [5.41, 5.74) is 2.07. The zero-order valence-electron chi connectivity index (χ0n) is 20.4. The van der Waals surface area contributed by atoms with Gasteiger partial charge in [0.15, 0.2) is 0 Å². The van der Waals surface area contributed by atoms with Crippen LogP contribution in [0.15, 0.2) is 97.3 Å². The van der Waals surface area contributed by atoms with Crippen molar-refractivity contribution in [2.75, 3.05) is 0 Å². The van der Waals surface area contributed by atoms with E-state index in [4.69, 9.17) is 19.8 Å². The average molecular weight is 687 g/mol. The molecule has 0 spiro atoms. The normalized spacial score (nSPS) is 9.32. The maximum Gasteiger partial charge on any atom is 2.00 e. The molecule has 0 bridgehead atoms. The van der Waals surface area contributed by atoms with Crippen LogP contribution in [0.1, 0.15) is 13.8 Å². The van der Waals surface area contributed by atoms with Crippen LogP contribution in [0.5, 0.6) is 0 Å². The summed E-state index contributed by atoms with van der Waals surface area (Å²) in [5.74, 6) is -2.17. The Balaban J connectivity index is 0.000000287. The van der Waals surface area contributed by atoms with Gasteiger partial charge in [0.25, 0.3) is 0 Å². The number of pyridine rings is 2. The van der Waals surface area contributed by atoms with Crippen molar-refractivity contribution in [3.05, 3.63) is 109 Å². The number of nitrogens with zero attached hydrogens (tertiary/aromatic N) is 2. The summed E-state index contributed by atoms with van der Waals surface area (Å²) in [6, 6.07) is 34.9. The Labute approximate surface area is 248 Å². The summed E-state index contributed by atoms with van der Waals surface area (Å²) in [6.07, 6.45) is 3.64. The molecule has 0 radical (unpaired) electrons. The van der Waals surface area contributed by atoms with Crippen molar-refractivity contribution in [2.24, 2.45) is 0 Å². The van der Waals surface area contributed by atoms with Crippen LogP contribution in [0.2, 0.25) is 0 Å². The number of hydrogen-bond donors (Lipinski definition) is 0. The SMILES string of the molecule is CC(=O)[O-].CC(=O)[O-].[Pd+2].[Pd+2].[c-]1cccc2ccc3cccnc3c12.[c-]1cccc2ccc3cccnc3c12. The quantitative estimate of drug-likeness (QED) is 0.137. The average Bonchev–Trinajstić information content (AvgIpc) is 2.88. The minimum absolute atomic E-state index is 0. The number of aliphatic carboxylic acids is 2. The molecule has 2 heterocycles. The van der Waals surface area contributed by atoms with Gasteiger partial charge in [-0.2, -0.15) is 0 Å². The van der Waals surface area contributed by atoms with Gasteiger partial charge in [-0.3, -0.25) is 0 Å². The third kappa shape index (κ3) is 9.41. The van der Waals surface area contributed by atoms with Gasteiger partial charge in [0.2, 0.25) is 0 Å². The second-order valence-corrected chi connectivity index (χ2v) is 7.53. The molecule has 0 atom stereocenters. The molecule has 0 fully saturated rings. The number of carbonyl (C=O) groups is 2.